The number of nitrogens with zero attached hydrogens (tertiary/aromatic N) is 4. The highest BCUT2D eigenvalue weighted by Gasteiger charge is 2.37. The molecule has 6 rings (SSSR count). The lowest BCUT2D eigenvalue weighted by Crippen LogP contribution is -2.43. The Balaban J connectivity index is 1.27. The van der Waals surface area contributed by atoms with Gasteiger partial charge in [0, 0.05) is 38.8 Å². The molecule has 0 aliphatic carbocycles. The van der Waals surface area contributed by atoms with Crippen LogP contribution in [-0.2, 0) is 28.7 Å². The summed E-state index contributed by atoms with van der Waals surface area (Å²) in [6, 6.07) is 13.1. The van der Waals surface area contributed by atoms with E-state index in [1.54, 1.807) is 15.4 Å². The van der Waals surface area contributed by atoms with Gasteiger partial charge in [-0.3, -0.25) is 9.69 Å². The number of rotatable bonds is 6. The van der Waals surface area contributed by atoms with E-state index in [-0.39, 0.29) is 18.2 Å². The lowest BCUT2D eigenvalue weighted by Gasteiger charge is -2.36. The van der Waals surface area contributed by atoms with Gasteiger partial charge >= 0.3 is 6.18 Å². The number of hydrogen-bond acceptors (Lipinski definition) is 5. The van der Waals surface area contributed by atoms with E-state index in [1.165, 1.54) is 6.20 Å². The van der Waals surface area contributed by atoms with Crippen molar-refractivity contribution in [3.05, 3.63) is 99.0 Å². The molecule has 7 nitrogen and oxygen atoms in total. The molecular formula is C32H32ClF3N4O3. The Bertz CT molecular complexity index is 1670. The number of aromatic nitrogens is 2. The van der Waals surface area contributed by atoms with Crippen LogP contribution in [0.25, 0.3) is 5.65 Å². The summed E-state index contributed by atoms with van der Waals surface area (Å²) in [5.74, 6) is 0.153. The van der Waals surface area contributed by atoms with Gasteiger partial charge in [0.2, 0.25) is 0 Å². The molecule has 1 amide bonds. The second-order valence-corrected chi connectivity index (χ2v) is 11.5. The molecule has 4 aromatic rings. The Morgan fingerprint density at radius 1 is 1.05 bits per heavy atom. The summed E-state index contributed by atoms with van der Waals surface area (Å²) in [7, 11) is 0. The van der Waals surface area contributed by atoms with Crippen LogP contribution in [0.5, 0.6) is 5.75 Å². The summed E-state index contributed by atoms with van der Waals surface area (Å²) in [4.78, 5) is 22.3. The quantitative estimate of drug-likeness (QED) is 0.267. The van der Waals surface area contributed by atoms with Crippen molar-refractivity contribution in [2.45, 2.75) is 39.0 Å². The minimum absolute atomic E-state index is 0.197. The molecule has 2 aliphatic rings. The maximum absolute atomic E-state index is 13.8. The molecule has 226 valence electrons. The van der Waals surface area contributed by atoms with Crippen LogP contribution in [0.1, 0.15) is 45.2 Å². The molecule has 2 aromatic carbocycles. The van der Waals surface area contributed by atoms with Crippen molar-refractivity contribution >= 4 is 23.2 Å². The molecule has 0 saturated carbocycles. The van der Waals surface area contributed by atoms with Crippen molar-refractivity contribution in [2.75, 3.05) is 39.5 Å². The Kier molecular flexibility index (Phi) is 8.10. The molecule has 0 spiro atoms. The van der Waals surface area contributed by atoms with Gasteiger partial charge in [0.1, 0.15) is 11.4 Å². The van der Waals surface area contributed by atoms with Gasteiger partial charge in [-0.25, -0.2) is 4.98 Å². The van der Waals surface area contributed by atoms with Gasteiger partial charge in [0.25, 0.3) is 5.91 Å². The lowest BCUT2D eigenvalue weighted by atomic mass is 9.93. The fraction of sp³-hybridized carbons (Fsp3) is 0.375. The van der Waals surface area contributed by atoms with E-state index in [1.807, 2.05) is 44.2 Å². The van der Waals surface area contributed by atoms with Crippen LogP contribution in [0.4, 0.5) is 13.2 Å². The van der Waals surface area contributed by atoms with E-state index in [0.717, 1.165) is 54.0 Å². The lowest BCUT2D eigenvalue weighted by molar-refractivity contribution is -0.137. The molecular weight excluding hydrogens is 581 g/mol. The van der Waals surface area contributed by atoms with Gasteiger partial charge in [0.05, 0.1) is 41.2 Å². The van der Waals surface area contributed by atoms with Gasteiger partial charge < -0.3 is 18.8 Å². The Hall–Kier alpha value is -3.60. The first-order chi connectivity index (χ1) is 20.6. The van der Waals surface area contributed by atoms with Crippen LogP contribution in [0.15, 0.2) is 54.7 Å². The van der Waals surface area contributed by atoms with Crippen molar-refractivity contribution in [3.8, 4) is 5.75 Å². The monoisotopic (exact) mass is 612 g/mol. The summed E-state index contributed by atoms with van der Waals surface area (Å²) in [6.45, 7) is 7.99. The number of ether oxygens (including phenoxy) is 2. The minimum atomic E-state index is -4.48. The van der Waals surface area contributed by atoms with Gasteiger partial charge in [0.15, 0.2) is 6.61 Å². The predicted octanol–water partition coefficient (Wildman–Crippen LogP) is 6.01. The van der Waals surface area contributed by atoms with Gasteiger partial charge in [-0.2, -0.15) is 13.2 Å². The molecule has 2 aliphatic heterocycles. The predicted molar refractivity (Wildman–Crippen MR) is 156 cm³/mol. The number of halogens is 4. The molecule has 0 radical (unpaired) electrons. The molecule has 0 N–H and O–H groups in total. The number of carbonyl (C=O) groups excluding carboxylic acids is 1. The number of pyridine rings is 1. The number of morpholine rings is 1. The third kappa shape index (κ3) is 6.09. The number of aryl methyl sites for hydroxylation is 2. The summed E-state index contributed by atoms with van der Waals surface area (Å²) in [5.41, 5.74) is 4.83. The van der Waals surface area contributed by atoms with Crippen LogP contribution in [0.2, 0.25) is 5.02 Å². The van der Waals surface area contributed by atoms with Crippen molar-refractivity contribution in [1.29, 1.82) is 0 Å². The van der Waals surface area contributed by atoms with E-state index in [9.17, 15) is 18.0 Å². The fourth-order valence-corrected chi connectivity index (χ4v) is 6.06. The standard InChI is InChI=1S/C32H32ClF3N4O3/c1-20-3-5-23(15-21(20)2)30-31-26(37-28-17-24(32(34,35)36)7-9-39(28)31)8-10-40(30)29(41)19-43-27-6-4-22(16-25(27)33)18-38-11-13-42-14-12-38/h3-7,9,15-17,30H,8,10-14,18-19H2,1-2H3. The zero-order valence-corrected chi connectivity index (χ0v) is 24.7. The minimum Gasteiger partial charge on any atom is -0.482 e. The number of benzene rings is 2. The SMILES string of the molecule is Cc1ccc(C2c3c(nc4cc(C(F)(F)F)ccn34)CCN2C(=O)COc2ccc(CN3CCOCC3)cc2Cl)cc1C. The number of amides is 1. The highest BCUT2D eigenvalue weighted by Crippen LogP contribution is 2.38. The zero-order chi connectivity index (χ0) is 30.3. The van der Waals surface area contributed by atoms with Gasteiger partial charge in [-0.15, -0.1) is 0 Å². The van der Waals surface area contributed by atoms with E-state index < -0.39 is 17.8 Å². The largest absolute Gasteiger partial charge is 0.482 e. The first kappa shape index (κ1) is 29.5. The van der Waals surface area contributed by atoms with Crippen LogP contribution >= 0.6 is 11.6 Å². The van der Waals surface area contributed by atoms with Crippen molar-refractivity contribution in [1.82, 2.24) is 19.2 Å². The molecule has 43 heavy (non-hydrogen) atoms. The summed E-state index contributed by atoms with van der Waals surface area (Å²) in [5, 5.41) is 0.424. The second-order valence-electron chi connectivity index (χ2n) is 11.1. The van der Waals surface area contributed by atoms with E-state index in [4.69, 9.17) is 21.1 Å². The molecule has 1 fully saturated rings. The number of alkyl halides is 3. The average molecular weight is 613 g/mol. The molecule has 0 bridgehead atoms. The van der Waals surface area contributed by atoms with Crippen LogP contribution in [0, 0.1) is 13.8 Å². The summed E-state index contributed by atoms with van der Waals surface area (Å²) < 4.78 is 53.4. The Morgan fingerprint density at radius 3 is 2.56 bits per heavy atom. The molecule has 1 atom stereocenters. The van der Waals surface area contributed by atoms with Gasteiger partial charge in [-0.1, -0.05) is 35.9 Å². The van der Waals surface area contributed by atoms with Gasteiger partial charge in [-0.05, 0) is 60.4 Å². The highest BCUT2D eigenvalue weighted by atomic mass is 35.5. The van der Waals surface area contributed by atoms with Crippen molar-refractivity contribution < 1.29 is 27.4 Å². The van der Waals surface area contributed by atoms with E-state index >= 15 is 0 Å². The number of hydrogen-bond donors (Lipinski definition) is 0. The molecule has 1 unspecified atom stereocenters. The second kappa shape index (κ2) is 11.8. The first-order valence-corrected chi connectivity index (χ1v) is 14.6. The average Bonchev–Trinajstić information content (AvgIpc) is 3.36. The maximum atomic E-state index is 13.8. The number of fused-ring (bicyclic) bond motifs is 3. The molecule has 2 aromatic heterocycles. The van der Waals surface area contributed by atoms with Crippen LogP contribution in [0.3, 0.4) is 0 Å². The molecule has 11 heteroatoms. The zero-order valence-electron chi connectivity index (χ0n) is 24.0. The molecule has 4 heterocycles. The van der Waals surface area contributed by atoms with E-state index in [0.29, 0.717) is 48.3 Å². The first-order valence-electron chi connectivity index (χ1n) is 14.2. The third-order valence-electron chi connectivity index (χ3n) is 8.25. The Morgan fingerprint density at radius 2 is 1.84 bits per heavy atom. The van der Waals surface area contributed by atoms with Crippen molar-refractivity contribution in [2.24, 2.45) is 0 Å². The van der Waals surface area contributed by atoms with Crippen LogP contribution < -0.4 is 4.74 Å². The number of imidazole rings is 1. The third-order valence-corrected chi connectivity index (χ3v) is 8.55. The topological polar surface area (TPSA) is 59.3 Å². The van der Waals surface area contributed by atoms with E-state index in [2.05, 4.69) is 9.88 Å². The highest BCUT2D eigenvalue weighted by molar-refractivity contribution is 6.32. The Labute approximate surface area is 252 Å². The fourth-order valence-electron chi connectivity index (χ4n) is 5.81. The summed E-state index contributed by atoms with van der Waals surface area (Å²) >= 11 is 6.55. The normalized spacial score (nSPS) is 17.7. The van der Waals surface area contributed by atoms with Crippen molar-refractivity contribution in [3.63, 3.8) is 0 Å². The molecule has 1 saturated heterocycles. The smallest absolute Gasteiger partial charge is 0.416 e. The number of carbonyl (C=O) groups is 1. The maximum Gasteiger partial charge on any atom is 0.416 e. The van der Waals surface area contributed by atoms with Crippen LogP contribution in [-0.4, -0.2) is 64.5 Å². The summed E-state index contributed by atoms with van der Waals surface area (Å²) in [6.07, 6.45) is -2.69.